The van der Waals surface area contributed by atoms with Gasteiger partial charge in [0.2, 0.25) is 0 Å². The van der Waals surface area contributed by atoms with Gasteiger partial charge in [0.15, 0.2) is 0 Å². The molecule has 1 fully saturated rings. The highest BCUT2D eigenvalue weighted by atomic mass is 32.2. The average Bonchev–Trinajstić information content (AvgIpc) is 3.34. The Bertz CT molecular complexity index is 684. The van der Waals surface area contributed by atoms with E-state index < -0.39 is 35.6 Å². The molecule has 2 rings (SSSR count). The molecule has 3 N–H and O–H groups in total. The molecule has 24 heavy (non-hydrogen) atoms. The molecule has 0 spiro atoms. The molecule has 1 saturated carbocycles. The first-order chi connectivity index (χ1) is 11.3. The van der Waals surface area contributed by atoms with Crippen LogP contribution < -0.4 is 10.5 Å². The SMILES string of the molecule is C=N/C(=C(\SN)C(=O)NCc1c(F)cccc1C(F)(F)F)C1CC1. The van der Waals surface area contributed by atoms with E-state index in [-0.39, 0.29) is 10.8 Å². The predicted octanol–water partition coefficient (Wildman–Crippen LogP) is 3.39. The second kappa shape index (κ2) is 7.35. The van der Waals surface area contributed by atoms with Gasteiger partial charge in [0.1, 0.15) is 10.7 Å². The van der Waals surface area contributed by atoms with Gasteiger partial charge in [-0.2, -0.15) is 13.2 Å². The standard InChI is InChI=1S/C15H15F4N3OS/c1-21-12(8-5-6-8)13(24-20)14(23)22-7-9-10(15(17,18)19)3-2-4-11(9)16/h2-4,8H,1,5-7,20H2,(H,22,23)/b13-12-. The van der Waals surface area contributed by atoms with Gasteiger partial charge in [0.05, 0.1) is 11.3 Å². The van der Waals surface area contributed by atoms with E-state index in [0.717, 1.165) is 31.0 Å². The van der Waals surface area contributed by atoms with Crippen LogP contribution in [0.4, 0.5) is 17.6 Å². The van der Waals surface area contributed by atoms with Crippen molar-refractivity contribution in [1.29, 1.82) is 0 Å². The van der Waals surface area contributed by atoms with E-state index in [2.05, 4.69) is 17.0 Å². The van der Waals surface area contributed by atoms with Crippen LogP contribution in [-0.2, 0) is 17.5 Å². The van der Waals surface area contributed by atoms with Gasteiger partial charge in [-0.05, 0) is 43.6 Å². The van der Waals surface area contributed by atoms with Crippen LogP contribution >= 0.6 is 11.9 Å². The number of allylic oxidation sites excluding steroid dienone is 1. The number of nitrogens with one attached hydrogen (secondary N) is 1. The number of alkyl halides is 3. The average molecular weight is 361 g/mol. The second-order valence-electron chi connectivity index (χ2n) is 5.21. The Hall–Kier alpha value is -1.87. The van der Waals surface area contributed by atoms with Crippen LogP contribution in [0.5, 0.6) is 0 Å². The summed E-state index contributed by atoms with van der Waals surface area (Å²) in [6, 6.07) is 2.64. The topological polar surface area (TPSA) is 67.5 Å². The molecule has 1 aromatic rings. The van der Waals surface area contributed by atoms with Gasteiger partial charge in [-0.1, -0.05) is 6.07 Å². The highest BCUT2D eigenvalue weighted by molar-refractivity contribution is 8.01. The van der Waals surface area contributed by atoms with Crippen molar-refractivity contribution >= 4 is 24.6 Å². The Balaban J connectivity index is 2.22. The van der Waals surface area contributed by atoms with Crippen LogP contribution in [0.15, 0.2) is 33.8 Å². The Labute approximate surface area is 140 Å². The lowest BCUT2D eigenvalue weighted by atomic mass is 10.1. The van der Waals surface area contributed by atoms with Crippen LogP contribution in [0.25, 0.3) is 0 Å². The quantitative estimate of drug-likeness (QED) is 0.353. The van der Waals surface area contributed by atoms with E-state index in [4.69, 9.17) is 5.14 Å². The maximum absolute atomic E-state index is 13.8. The molecule has 0 saturated heterocycles. The monoisotopic (exact) mass is 361 g/mol. The zero-order valence-corrected chi connectivity index (χ0v) is 13.3. The highest BCUT2D eigenvalue weighted by Gasteiger charge is 2.35. The first-order valence-corrected chi connectivity index (χ1v) is 7.88. The second-order valence-corrected chi connectivity index (χ2v) is 5.85. The third-order valence-electron chi connectivity index (χ3n) is 3.54. The number of carbonyl (C=O) groups excluding carboxylic acids is 1. The first kappa shape index (κ1) is 18.5. The number of nitrogens with two attached hydrogens (primary N) is 1. The molecule has 0 unspecified atom stereocenters. The normalized spacial score (nSPS) is 15.7. The van der Waals surface area contributed by atoms with Crippen LogP contribution in [0.2, 0.25) is 0 Å². The lowest BCUT2D eigenvalue weighted by molar-refractivity contribution is -0.138. The van der Waals surface area contributed by atoms with E-state index in [1.165, 1.54) is 0 Å². The summed E-state index contributed by atoms with van der Waals surface area (Å²) in [5.41, 5.74) is -1.33. The molecule has 1 aromatic carbocycles. The zero-order chi connectivity index (χ0) is 17.9. The summed E-state index contributed by atoms with van der Waals surface area (Å²) in [5, 5.41) is 7.75. The van der Waals surface area contributed by atoms with E-state index in [0.29, 0.717) is 17.6 Å². The number of aliphatic imine (C=N–C) groups is 1. The molecule has 0 bridgehead atoms. The van der Waals surface area contributed by atoms with Crippen molar-refractivity contribution in [3.8, 4) is 0 Å². The van der Waals surface area contributed by atoms with Crippen LogP contribution in [0, 0.1) is 11.7 Å². The maximum atomic E-state index is 13.8. The number of hydrogen-bond acceptors (Lipinski definition) is 4. The molecule has 0 atom stereocenters. The summed E-state index contributed by atoms with van der Waals surface area (Å²) in [7, 11) is 0. The van der Waals surface area contributed by atoms with Gasteiger partial charge in [0, 0.05) is 18.0 Å². The largest absolute Gasteiger partial charge is 0.416 e. The van der Waals surface area contributed by atoms with Crippen molar-refractivity contribution in [1.82, 2.24) is 5.32 Å². The van der Waals surface area contributed by atoms with Gasteiger partial charge >= 0.3 is 6.18 Å². The molecule has 0 aliphatic heterocycles. The van der Waals surface area contributed by atoms with E-state index in [9.17, 15) is 22.4 Å². The lowest BCUT2D eigenvalue weighted by Crippen LogP contribution is -2.27. The third kappa shape index (κ3) is 4.15. The fourth-order valence-corrected chi connectivity index (χ4v) is 2.76. The molecule has 0 aromatic heterocycles. The van der Waals surface area contributed by atoms with Crippen molar-refractivity contribution < 1.29 is 22.4 Å². The Morgan fingerprint density at radius 2 is 2.08 bits per heavy atom. The zero-order valence-electron chi connectivity index (χ0n) is 12.5. The molecule has 0 radical (unpaired) electrons. The molecule has 1 aliphatic carbocycles. The summed E-state index contributed by atoms with van der Waals surface area (Å²) in [4.78, 5) is 16.1. The number of nitrogens with zero attached hydrogens (tertiary/aromatic N) is 1. The summed E-state index contributed by atoms with van der Waals surface area (Å²) < 4.78 is 52.6. The van der Waals surface area contributed by atoms with Crippen molar-refractivity contribution in [3.63, 3.8) is 0 Å². The Morgan fingerprint density at radius 3 is 2.58 bits per heavy atom. The van der Waals surface area contributed by atoms with Crippen LogP contribution in [0.3, 0.4) is 0 Å². The minimum atomic E-state index is -4.72. The number of hydrogen-bond donors (Lipinski definition) is 2. The van der Waals surface area contributed by atoms with Crippen molar-refractivity contribution in [2.24, 2.45) is 16.0 Å². The fourth-order valence-electron chi connectivity index (χ4n) is 2.23. The highest BCUT2D eigenvalue weighted by Crippen LogP contribution is 2.40. The number of amides is 1. The summed E-state index contributed by atoms with van der Waals surface area (Å²) >= 11 is 0.646. The summed E-state index contributed by atoms with van der Waals surface area (Å²) in [6.07, 6.45) is -3.03. The fraction of sp³-hybridized carbons (Fsp3) is 0.333. The number of rotatable bonds is 6. The number of carbonyl (C=O) groups is 1. The molecule has 1 aliphatic rings. The first-order valence-electron chi connectivity index (χ1n) is 7.00. The predicted molar refractivity (Wildman–Crippen MR) is 84.3 cm³/mol. The van der Waals surface area contributed by atoms with Crippen LogP contribution in [-0.4, -0.2) is 12.6 Å². The van der Waals surface area contributed by atoms with E-state index in [1.54, 1.807) is 0 Å². The Morgan fingerprint density at radius 1 is 1.42 bits per heavy atom. The Kier molecular flexibility index (Phi) is 5.66. The minimum absolute atomic E-state index is 0.0809. The van der Waals surface area contributed by atoms with Crippen molar-refractivity contribution in [3.05, 3.63) is 45.7 Å². The van der Waals surface area contributed by atoms with Crippen molar-refractivity contribution in [2.45, 2.75) is 25.6 Å². The van der Waals surface area contributed by atoms with E-state index in [1.807, 2.05) is 0 Å². The lowest BCUT2D eigenvalue weighted by Gasteiger charge is -2.15. The third-order valence-corrected chi connectivity index (χ3v) is 4.17. The summed E-state index contributed by atoms with van der Waals surface area (Å²) in [6.45, 7) is 2.78. The van der Waals surface area contributed by atoms with Gasteiger partial charge in [0.25, 0.3) is 5.91 Å². The van der Waals surface area contributed by atoms with Gasteiger partial charge in [-0.15, -0.1) is 0 Å². The van der Waals surface area contributed by atoms with Gasteiger partial charge < -0.3 is 5.32 Å². The molecule has 9 heteroatoms. The number of benzene rings is 1. The van der Waals surface area contributed by atoms with E-state index >= 15 is 0 Å². The molecule has 0 heterocycles. The number of halogens is 4. The van der Waals surface area contributed by atoms with Gasteiger partial charge in [-0.25, -0.2) is 4.39 Å². The van der Waals surface area contributed by atoms with Crippen LogP contribution in [0.1, 0.15) is 24.0 Å². The molecule has 1 amide bonds. The van der Waals surface area contributed by atoms with Crippen molar-refractivity contribution in [2.75, 3.05) is 0 Å². The molecular formula is C15H15F4N3OS. The summed E-state index contributed by atoms with van der Waals surface area (Å²) in [5.74, 6) is -1.66. The molecule has 4 nitrogen and oxygen atoms in total. The molecular weight excluding hydrogens is 346 g/mol. The molecule has 130 valence electrons. The smallest absolute Gasteiger partial charge is 0.347 e. The van der Waals surface area contributed by atoms with Gasteiger partial charge in [-0.3, -0.25) is 14.9 Å². The minimum Gasteiger partial charge on any atom is -0.347 e. The maximum Gasteiger partial charge on any atom is 0.416 e.